The second-order valence-electron chi connectivity index (χ2n) is 9.37. The van der Waals surface area contributed by atoms with Crippen LogP contribution in [0.2, 0.25) is 0 Å². The summed E-state index contributed by atoms with van der Waals surface area (Å²) in [6, 6.07) is 35.4. The summed E-state index contributed by atoms with van der Waals surface area (Å²) < 4.78 is 12.3. The summed E-state index contributed by atoms with van der Waals surface area (Å²) in [5.74, 6) is 2.57. The van der Waals surface area contributed by atoms with Crippen LogP contribution in [0.15, 0.2) is 120 Å². The van der Waals surface area contributed by atoms with Gasteiger partial charge in [-0.2, -0.15) is 0 Å². The van der Waals surface area contributed by atoms with E-state index in [1.54, 1.807) is 0 Å². The molecule has 4 heteroatoms. The molecule has 0 bridgehead atoms. The maximum atomic E-state index is 6.59. The van der Waals surface area contributed by atoms with E-state index in [2.05, 4.69) is 90.0 Å². The molecule has 5 aromatic rings. The van der Waals surface area contributed by atoms with Crippen molar-refractivity contribution in [1.29, 1.82) is 0 Å². The van der Waals surface area contributed by atoms with Crippen LogP contribution in [-0.2, 0) is 6.42 Å². The Balaban J connectivity index is 1.39. The van der Waals surface area contributed by atoms with E-state index in [-0.39, 0.29) is 5.92 Å². The average Bonchev–Trinajstić information content (AvgIpc) is 3.39. The molecule has 1 N–H and O–H groups in total. The Labute approximate surface area is 223 Å². The molecule has 2 heterocycles. The summed E-state index contributed by atoms with van der Waals surface area (Å²) in [7, 11) is 0. The number of aromatic amines is 1. The van der Waals surface area contributed by atoms with Crippen molar-refractivity contribution < 1.29 is 9.47 Å². The summed E-state index contributed by atoms with van der Waals surface area (Å²) in [5.41, 5.74) is 6.85. The molecule has 0 fully saturated rings. The minimum Gasteiger partial charge on any atom is -0.494 e. The maximum Gasteiger partial charge on any atom is 0.140 e. The Bertz CT molecular complexity index is 1600. The van der Waals surface area contributed by atoms with E-state index in [9.17, 15) is 0 Å². The van der Waals surface area contributed by atoms with Crippen LogP contribution < -0.4 is 9.47 Å². The normalized spacial score (nSPS) is 15.0. The Kier molecular flexibility index (Phi) is 6.77. The summed E-state index contributed by atoms with van der Waals surface area (Å²) in [6.07, 6.45) is 4.98. The largest absolute Gasteiger partial charge is 0.494 e. The number of benzene rings is 4. The molecule has 1 atom stereocenters. The predicted molar refractivity (Wildman–Crippen MR) is 155 cm³/mol. The molecule has 4 aromatic carbocycles. The zero-order valence-electron chi connectivity index (χ0n) is 21.4. The van der Waals surface area contributed by atoms with Gasteiger partial charge in [0.2, 0.25) is 0 Å². The van der Waals surface area contributed by atoms with Crippen molar-refractivity contribution in [3.63, 3.8) is 0 Å². The number of nitrogens with one attached hydrogen (secondary N) is 1. The van der Waals surface area contributed by atoms with E-state index in [1.165, 1.54) is 16.5 Å². The van der Waals surface area contributed by atoms with Gasteiger partial charge in [-0.1, -0.05) is 66.7 Å². The van der Waals surface area contributed by atoms with Crippen LogP contribution in [0.1, 0.15) is 35.1 Å². The average molecular weight is 499 g/mol. The molecule has 0 saturated carbocycles. The quantitative estimate of drug-likeness (QED) is 0.222. The van der Waals surface area contributed by atoms with Crippen LogP contribution in [0.25, 0.3) is 16.7 Å². The molecule has 0 aliphatic carbocycles. The van der Waals surface area contributed by atoms with E-state index in [0.717, 1.165) is 45.9 Å². The number of rotatable bonds is 8. The molecular weight excluding hydrogens is 468 g/mol. The summed E-state index contributed by atoms with van der Waals surface area (Å²) in [5, 5.41) is 1.26. The number of nitrogens with zero attached hydrogens (tertiary/aromatic N) is 1. The van der Waals surface area contributed by atoms with Gasteiger partial charge < -0.3 is 14.5 Å². The van der Waals surface area contributed by atoms with Gasteiger partial charge in [0.1, 0.15) is 17.3 Å². The lowest BCUT2D eigenvalue weighted by atomic mass is 9.81. The van der Waals surface area contributed by atoms with Crippen molar-refractivity contribution in [2.75, 3.05) is 13.2 Å². The van der Waals surface area contributed by atoms with E-state index >= 15 is 0 Å². The Morgan fingerprint density at radius 1 is 0.868 bits per heavy atom. The lowest BCUT2D eigenvalue weighted by molar-refractivity contribution is 0.340. The number of aromatic nitrogens is 1. The van der Waals surface area contributed by atoms with Gasteiger partial charge in [-0.3, -0.25) is 4.99 Å². The zero-order valence-corrected chi connectivity index (χ0v) is 21.4. The fraction of sp³-hybridized carbons (Fsp3) is 0.147. The van der Waals surface area contributed by atoms with E-state index in [1.807, 2.05) is 37.4 Å². The molecule has 0 saturated heterocycles. The van der Waals surface area contributed by atoms with Gasteiger partial charge in [0.15, 0.2) is 0 Å². The van der Waals surface area contributed by atoms with Gasteiger partial charge in [0.25, 0.3) is 0 Å². The van der Waals surface area contributed by atoms with Gasteiger partial charge in [-0.25, -0.2) is 0 Å². The fourth-order valence-corrected chi connectivity index (χ4v) is 5.20. The standard InChI is InChI=1S/C34H30N2O2/c1-2-37-27-18-16-25(17-19-27)34-30(23-35-21-20-26-22-36-31-14-8-6-12-28(26)31)33(24-10-4-3-5-11-24)29-13-7-9-15-32(29)38-34/h3-19,22-23,33,36H,2,20-21H2,1H3/t33-/m1/s1. The van der Waals surface area contributed by atoms with Crippen molar-refractivity contribution in [3.8, 4) is 11.5 Å². The molecule has 0 unspecified atom stereocenters. The predicted octanol–water partition coefficient (Wildman–Crippen LogP) is 7.82. The van der Waals surface area contributed by atoms with Crippen molar-refractivity contribution in [3.05, 3.63) is 137 Å². The van der Waals surface area contributed by atoms with Crippen LogP contribution in [-0.4, -0.2) is 24.4 Å². The van der Waals surface area contributed by atoms with Gasteiger partial charge >= 0.3 is 0 Å². The molecule has 0 amide bonds. The lowest BCUT2D eigenvalue weighted by Gasteiger charge is -2.30. The van der Waals surface area contributed by atoms with Gasteiger partial charge in [-0.15, -0.1) is 0 Å². The maximum absolute atomic E-state index is 6.59. The number of ether oxygens (including phenoxy) is 2. The molecule has 4 nitrogen and oxygen atoms in total. The number of hydrogen-bond acceptors (Lipinski definition) is 3. The Morgan fingerprint density at radius 2 is 1.63 bits per heavy atom. The highest BCUT2D eigenvalue weighted by molar-refractivity contribution is 5.94. The van der Waals surface area contributed by atoms with Crippen LogP contribution in [0, 0.1) is 0 Å². The highest BCUT2D eigenvalue weighted by atomic mass is 16.5. The number of fused-ring (bicyclic) bond motifs is 2. The second kappa shape index (κ2) is 10.8. The minimum absolute atomic E-state index is 0.0135. The number of hydrogen-bond donors (Lipinski definition) is 1. The molecule has 1 aliphatic heterocycles. The zero-order chi connectivity index (χ0) is 25.7. The summed E-state index contributed by atoms with van der Waals surface area (Å²) in [4.78, 5) is 8.32. The highest BCUT2D eigenvalue weighted by Gasteiger charge is 2.30. The number of H-pyrrole nitrogens is 1. The molecule has 0 spiro atoms. The van der Waals surface area contributed by atoms with Crippen LogP contribution >= 0.6 is 0 Å². The summed E-state index contributed by atoms with van der Waals surface area (Å²) in [6.45, 7) is 3.31. The lowest BCUT2D eigenvalue weighted by Crippen LogP contribution is -2.17. The Hall–Kier alpha value is -4.57. The van der Waals surface area contributed by atoms with Crippen LogP contribution in [0.5, 0.6) is 11.5 Å². The first-order chi connectivity index (χ1) is 18.8. The third-order valence-corrected chi connectivity index (χ3v) is 6.99. The van der Waals surface area contributed by atoms with Gasteiger partial charge in [0.05, 0.1) is 6.61 Å². The first-order valence-corrected chi connectivity index (χ1v) is 13.2. The number of allylic oxidation sites excluding steroid dienone is 1. The minimum atomic E-state index is 0.0135. The third-order valence-electron chi connectivity index (χ3n) is 6.99. The molecule has 38 heavy (non-hydrogen) atoms. The van der Waals surface area contributed by atoms with E-state index in [4.69, 9.17) is 14.5 Å². The van der Waals surface area contributed by atoms with Gasteiger partial charge in [0, 0.05) is 52.5 Å². The first kappa shape index (κ1) is 23.8. The van der Waals surface area contributed by atoms with Crippen molar-refractivity contribution in [2.45, 2.75) is 19.3 Å². The summed E-state index contributed by atoms with van der Waals surface area (Å²) >= 11 is 0. The molecule has 6 rings (SSSR count). The third kappa shape index (κ3) is 4.73. The molecule has 1 aromatic heterocycles. The molecule has 0 radical (unpaired) electrons. The first-order valence-electron chi connectivity index (χ1n) is 13.2. The van der Waals surface area contributed by atoms with E-state index in [0.29, 0.717) is 13.2 Å². The molecule has 188 valence electrons. The van der Waals surface area contributed by atoms with Crippen molar-refractivity contribution >= 4 is 22.9 Å². The second-order valence-corrected chi connectivity index (χ2v) is 9.37. The fourth-order valence-electron chi connectivity index (χ4n) is 5.20. The number of aliphatic imine (C=N–C) groups is 1. The number of para-hydroxylation sites is 2. The highest BCUT2D eigenvalue weighted by Crippen LogP contribution is 2.45. The molecule has 1 aliphatic rings. The van der Waals surface area contributed by atoms with E-state index < -0.39 is 0 Å². The smallest absolute Gasteiger partial charge is 0.140 e. The van der Waals surface area contributed by atoms with Gasteiger partial charge in [-0.05, 0) is 60.9 Å². The van der Waals surface area contributed by atoms with Crippen LogP contribution in [0.4, 0.5) is 0 Å². The van der Waals surface area contributed by atoms with Crippen LogP contribution in [0.3, 0.4) is 0 Å². The topological polar surface area (TPSA) is 46.6 Å². The van der Waals surface area contributed by atoms with Crippen molar-refractivity contribution in [1.82, 2.24) is 4.98 Å². The Morgan fingerprint density at radius 3 is 2.47 bits per heavy atom. The SMILES string of the molecule is CCOc1ccc(C2=C(C=NCCc3c[nH]c4ccccc34)[C@H](c3ccccc3)c3ccccc3O2)cc1. The molecular formula is C34H30N2O2. The van der Waals surface area contributed by atoms with Crippen molar-refractivity contribution in [2.24, 2.45) is 4.99 Å². The monoisotopic (exact) mass is 498 g/mol.